The maximum atomic E-state index is 12.5. The second kappa shape index (κ2) is 4.70. The molecule has 0 amide bonds. The number of rotatable bonds is 2. The molecule has 3 atom stereocenters. The first-order chi connectivity index (χ1) is 8.98. The molecule has 7 heteroatoms. The summed E-state index contributed by atoms with van der Waals surface area (Å²) in [4.78, 5) is 3.96. The molecule has 0 bridgehead atoms. The van der Waals surface area contributed by atoms with Crippen molar-refractivity contribution in [3.8, 4) is 0 Å². The van der Waals surface area contributed by atoms with E-state index in [1.165, 1.54) is 22.6 Å². The molecule has 1 saturated carbocycles. The smallest absolute Gasteiger partial charge is 0.243 e. The van der Waals surface area contributed by atoms with E-state index in [0.29, 0.717) is 13.1 Å². The Balaban J connectivity index is 1.87. The van der Waals surface area contributed by atoms with Crippen LogP contribution in [-0.2, 0) is 10.0 Å². The van der Waals surface area contributed by atoms with Gasteiger partial charge in [-0.1, -0.05) is 11.6 Å². The van der Waals surface area contributed by atoms with Crippen LogP contribution in [-0.4, -0.2) is 42.0 Å². The minimum Gasteiger partial charge on any atom is -0.393 e. The molecule has 2 heterocycles. The van der Waals surface area contributed by atoms with E-state index in [2.05, 4.69) is 4.98 Å². The number of aliphatic hydroxyl groups is 1. The summed E-state index contributed by atoms with van der Waals surface area (Å²) < 4.78 is 26.4. The van der Waals surface area contributed by atoms with Crippen molar-refractivity contribution in [1.29, 1.82) is 0 Å². The third-order valence-corrected chi connectivity index (χ3v) is 6.16. The lowest BCUT2D eigenvalue weighted by Gasteiger charge is -2.18. The molecule has 1 aromatic heterocycles. The van der Waals surface area contributed by atoms with Gasteiger partial charge < -0.3 is 5.11 Å². The zero-order chi connectivity index (χ0) is 13.6. The lowest BCUT2D eigenvalue weighted by molar-refractivity contribution is 0.129. The molecule has 0 spiro atoms. The van der Waals surface area contributed by atoms with E-state index in [-0.39, 0.29) is 28.0 Å². The highest BCUT2D eigenvalue weighted by atomic mass is 35.5. The van der Waals surface area contributed by atoms with Crippen LogP contribution in [0.25, 0.3) is 0 Å². The summed E-state index contributed by atoms with van der Waals surface area (Å²) >= 11 is 5.74. The fourth-order valence-electron chi connectivity index (χ4n) is 3.09. The van der Waals surface area contributed by atoms with Crippen LogP contribution >= 0.6 is 11.6 Å². The minimum absolute atomic E-state index is 0.0760. The Morgan fingerprint density at radius 1 is 1.37 bits per heavy atom. The van der Waals surface area contributed by atoms with E-state index >= 15 is 0 Å². The summed E-state index contributed by atoms with van der Waals surface area (Å²) in [6, 6.07) is 2.81. The predicted molar refractivity (Wildman–Crippen MR) is 70.2 cm³/mol. The first-order valence-electron chi connectivity index (χ1n) is 6.28. The van der Waals surface area contributed by atoms with Gasteiger partial charge in [-0.15, -0.1) is 0 Å². The van der Waals surface area contributed by atoms with Gasteiger partial charge in [0.1, 0.15) is 5.15 Å². The number of sulfonamides is 1. The SMILES string of the molecule is O=S(=O)(c1ccnc(Cl)c1)N1CC2CCC(O)C2C1. The van der Waals surface area contributed by atoms with E-state index in [1.807, 2.05) is 0 Å². The first kappa shape index (κ1) is 13.3. The van der Waals surface area contributed by atoms with Crippen molar-refractivity contribution in [3.63, 3.8) is 0 Å². The van der Waals surface area contributed by atoms with Crippen molar-refractivity contribution < 1.29 is 13.5 Å². The Kier molecular flexibility index (Phi) is 3.29. The van der Waals surface area contributed by atoms with Gasteiger partial charge in [0.05, 0.1) is 11.0 Å². The first-order valence-corrected chi connectivity index (χ1v) is 8.10. The van der Waals surface area contributed by atoms with Crippen molar-refractivity contribution >= 4 is 21.6 Å². The van der Waals surface area contributed by atoms with E-state index in [0.717, 1.165) is 12.8 Å². The molecule has 3 rings (SSSR count). The van der Waals surface area contributed by atoms with Gasteiger partial charge in [-0.25, -0.2) is 13.4 Å². The number of aromatic nitrogens is 1. The summed E-state index contributed by atoms with van der Waals surface area (Å²) in [6.45, 7) is 0.887. The molecule has 1 aromatic rings. The predicted octanol–water partition coefficient (Wildman–Crippen LogP) is 1.13. The Labute approximate surface area is 117 Å². The minimum atomic E-state index is -3.53. The maximum Gasteiger partial charge on any atom is 0.243 e. The molecule has 2 fully saturated rings. The van der Waals surface area contributed by atoms with Crippen LogP contribution in [0.3, 0.4) is 0 Å². The number of hydrogen-bond donors (Lipinski definition) is 1. The van der Waals surface area contributed by atoms with Crippen LogP contribution < -0.4 is 0 Å². The summed E-state index contributed by atoms with van der Waals surface area (Å²) in [5.74, 6) is 0.356. The lowest BCUT2D eigenvalue weighted by Crippen LogP contribution is -2.31. The average Bonchev–Trinajstić information content (AvgIpc) is 2.92. The molecule has 1 aliphatic heterocycles. The fraction of sp³-hybridized carbons (Fsp3) is 0.583. The molecule has 1 N–H and O–H groups in total. The number of nitrogens with zero attached hydrogens (tertiary/aromatic N) is 2. The molecule has 104 valence electrons. The second-order valence-electron chi connectivity index (χ2n) is 5.20. The molecular formula is C12H15ClN2O3S. The molecule has 19 heavy (non-hydrogen) atoms. The van der Waals surface area contributed by atoms with Crippen molar-refractivity contribution in [2.45, 2.75) is 23.8 Å². The van der Waals surface area contributed by atoms with Gasteiger partial charge in [-0.2, -0.15) is 4.31 Å². The van der Waals surface area contributed by atoms with Crippen molar-refractivity contribution in [3.05, 3.63) is 23.5 Å². The molecule has 1 saturated heterocycles. The van der Waals surface area contributed by atoms with Gasteiger partial charge in [0.2, 0.25) is 10.0 Å². The van der Waals surface area contributed by atoms with E-state index < -0.39 is 10.0 Å². The van der Waals surface area contributed by atoms with E-state index in [4.69, 9.17) is 11.6 Å². The third-order valence-electron chi connectivity index (χ3n) is 4.12. The van der Waals surface area contributed by atoms with Gasteiger partial charge in [-0.3, -0.25) is 0 Å². The third kappa shape index (κ3) is 2.27. The molecule has 0 aromatic carbocycles. The van der Waals surface area contributed by atoms with Crippen molar-refractivity contribution in [2.24, 2.45) is 11.8 Å². The van der Waals surface area contributed by atoms with Gasteiger partial charge in [0.25, 0.3) is 0 Å². The largest absolute Gasteiger partial charge is 0.393 e. The lowest BCUT2D eigenvalue weighted by atomic mass is 10.00. The van der Waals surface area contributed by atoms with Crippen LogP contribution in [0, 0.1) is 11.8 Å². The van der Waals surface area contributed by atoms with E-state index in [9.17, 15) is 13.5 Å². The zero-order valence-corrected chi connectivity index (χ0v) is 11.8. The van der Waals surface area contributed by atoms with Gasteiger partial charge in [-0.05, 0) is 30.9 Å². The standard InChI is InChI=1S/C12H15ClN2O3S/c13-12-5-9(3-4-14-12)19(17,18)15-6-8-1-2-11(16)10(8)7-15/h3-5,8,10-11,16H,1-2,6-7H2. The summed E-state index contributed by atoms with van der Waals surface area (Å²) in [7, 11) is -3.53. The highest BCUT2D eigenvalue weighted by Crippen LogP contribution is 2.40. The Morgan fingerprint density at radius 3 is 2.84 bits per heavy atom. The monoisotopic (exact) mass is 302 g/mol. The molecule has 2 aliphatic rings. The van der Waals surface area contributed by atoms with Gasteiger partial charge in [0.15, 0.2) is 0 Å². The quantitative estimate of drug-likeness (QED) is 0.831. The highest BCUT2D eigenvalue weighted by molar-refractivity contribution is 7.89. The maximum absolute atomic E-state index is 12.5. The van der Waals surface area contributed by atoms with Crippen molar-refractivity contribution in [1.82, 2.24) is 9.29 Å². The Hall–Kier alpha value is -0.690. The van der Waals surface area contributed by atoms with Crippen LogP contribution in [0.1, 0.15) is 12.8 Å². The van der Waals surface area contributed by atoms with E-state index in [1.54, 1.807) is 0 Å². The number of pyridine rings is 1. The number of fused-ring (bicyclic) bond motifs is 1. The normalized spacial score (nSPS) is 31.6. The van der Waals surface area contributed by atoms with Crippen LogP contribution in [0.4, 0.5) is 0 Å². The summed E-state index contributed by atoms with van der Waals surface area (Å²) in [5.41, 5.74) is 0. The number of aliphatic hydroxyl groups excluding tert-OH is 1. The van der Waals surface area contributed by atoms with Crippen LogP contribution in [0.2, 0.25) is 5.15 Å². The Morgan fingerprint density at radius 2 is 2.16 bits per heavy atom. The van der Waals surface area contributed by atoms with Gasteiger partial charge in [0, 0.05) is 25.2 Å². The highest BCUT2D eigenvalue weighted by Gasteiger charge is 2.45. The molecule has 0 radical (unpaired) electrons. The zero-order valence-electron chi connectivity index (χ0n) is 10.2. The number of hydrogen-bond acceptors (Lipinski definition) is 4. The average molecular weight is 303 g/mol. The fourth-order valence-corrected chi connectivity index (χ4v) is 4.87. The topological polar surface area (TPSA) is 70.5 Å². The Bertz CT molecular complexity index is 592. The van der Waals surface area contributed by atoms with Crippen LogP contribution in [0.5, 0.6) is 0 Å². The summed E-state index contributed by atoms with van der Waals surface area (Å²) in [6.07, 6.45) is 2.70. The van der Waals surface area contributed by atoms with Gasteiger partial charge >= 0.3 is 0 Å². The molecule has 3 unspecified atom stereocenters. The van der Waals surface area contributed by atoms with Crippen LogP contribution in [0.15, 0.2) is 23.2 Å². The second-order valence-corrected chi connectivity index (χ2v) is 7.53. The summed E-state index contributed by atoms with van der Waals surface area (Å²) in [5, 5.41) is 10.0. The molecule has 5 nitrogen and oxygen atoms in total. The molecule has 1 aliphatic carbocycles. The molecular weight excluding hydrogens is 288 g/mol. The number of halogens is 1. The van der Waals surface area contributed by atoms with Crippen molar-refractivity contribution in [2.75, 3.05) is 13.1 Å².